The third kappa shape index (κ3) is 5.20. The van der Waals surface area contributed by atoms with E-state index in [2.05, 4.69) is 13.8 Å². The van der Waals surface area contributed by atoms with Crippen LogP contribution in [0.2, 0.25) is 0 Å². The van der Waals surface area contributed by atoms with Gasteiger partial charge in [0.1, 0.15) is 48.8 Å². The normalized spacial score (nSPS) is 52.9. The predicted molar refractivity (Wildman–Crippen MR) is 148 cm³/mol. The number of ether oxygens (including phenoxy) is 4. The maximum Gasteiger partial charge on any atom is 0.187 e. The molecule has 2 saturated carbocycles. The van der Waals surface area contributed by atoms with Gasteiger partial charge in [0.05, 0.1) is 19.3 Å². The van der Waals surface area contributed by atoms with Gasteiger partial charge in [0, 0.05) is 0 Å². The van der Waals surface area contributed by atoms with Crippen molar-refractivity contribution < 1.29 is 54.7 Å². The molecule has 42 heavy (non-hydrogen) atoms. The topological polar surface area (TPSA) is 179 Å². The van der Waals surface area contributed by atoms with E-state index in [1.54, 1.807) is 11.1 Å². The van der Waals surface area contributed by atoms with Crippen LogP contribution in [0.25, 0.3) is 0 Å². The molecule has 11 heteroatoms. The monoisotopic (exact) mass is 598 g/mol. The molecule has 0 aromatic rings. The Morgan fingerprint density at radius 2 is 1.43 bits per heavy atom. The molecule has 4 aliphatic carbocycles. The first-order valence-electron chi connectivity index (χ1n) is 16.0. The molecule has 6 aliphatic rings. The van der Waals surface area contributed by atoms with Crippen molar-refractivity contribution in [2.45, 2.75) is 146 Å². The predicted octanol–water partition coefficient (Wildman–Crippen LogP) is 0.493. The molecule has 0 aromatic carbocycles. The van der Waals surface area contributed by atoms with Crippen molar-refractivity contribution in [3.8, 4) is 0 Å². The summed E-state index contributed by atoms with van der Waals surface area (Å²) >= 11 is 0. The summed E-state index contributed by atoms with van der Waals surface area (Å²) in [6, 6.07) is 0. The number of fused-ring (bicyclic) bond motifs is 4. The zero-order valence-electron chi connectivity index (χ0n) is 24.8. The van der Waals surface area contributed by atoms with Crippen molar-refractivity contribution in [3.05, 3.63) is 11.1 Å². The summed E-state index contributed by atoms with van der Waals surface area (Å²) < 4.78 is 23.3. The van der Waals surface area contributed by atoms with E-state index in [1.807, 2.05) is 0 Å². The van der Waals surface area contributed by atoms with Gasteiger partial charge in [0.25, 0.3) is 0 Å². The average Bonchev–Trinajstić information content (AvgIpc) is 3.38. The molecule has 2 unspecified atom stereocenters. The summed E-state index contributed by atoms with van der Waals surface area (Å²) in [7, 11) is 0. The molecular weight excluding hydrogens is 548 g/mol. The molecule has 2 aliphatic heterocycles. The second-order valence-electron chi connectivity index (χ2n) is 14.3. The standard InChI is InChI=1S/C31H50O11/c1-30-9-3-4-18(30)17-6-5-15-12-16(7-11-31(15,2)19(17)8-10-30)39-29-26(38)27(23(35)21(14-33)41-29)42-28-25(37)24(36)22(34)20(13-32)40-28/h15-16,18,20-29,32-38H,3-14H2,1-2H3/t15?,16?,18-,20+,21+,22+,23+,24-,25+,26+,27-,28-,29+,30-,31-/m0/s1. The van der Waals surface area contributed by atoms with Gasteiger partial charge < -0.3 is 54.7 Å². The van der Waals surface area contributed by atoms with Gasteiger partial charge in [-0.1, -0.05) is 31.4 Å². The fourth-order valence-corrected chi connectivity index (χ4v) is 9.38. The number of allylic oxidation sites excluding steroid dienone is 2. The van der Waals surface area contributed by atoms with Crippen LogP contribution in [0.3, 0.4) is 0 Å². The number of aliphatic hydroxyl groups excluding tert-OH is 7. The van der Waals surface area contributed by atoms with Gasteiger partial charge in [-0.2, -0.15) is 0 Å². The minimum absolute atomic E-state index is 0.155. The van der Waals surface area contributed by atoms with Crippen LogP contribution >= 0.6 is 0 Å². The summed E-state index contributed by atoms with van der Waals surface area (Å²) in [6.07, 6.45) is -3.29. The molecule has 2 heterocycles. The lowest BCUT2D eigenvalue weighted by molar-refractivity contribution is -0.364. The van der Waals surface area contributed by atoms with E-state index < -0.39 is 74.6 Å². The quantitative estimate of drug-likeness (QED) is 0.212. The van der Waals surface area contributed by atoms with Crippen LogP contribution in [0, 0.1) is 22.7 Å². The van der Waals surface area contributed by atoms with Gasteiger partial charge in [-0.3, -0.25) is 0 Å². The molecule has 0 radical (unpaired) electrons. The summed E-state index contributed by atoms with van der Waals surface area (Å²) in [4.78, 5) is 0. The van der Waals surface area contributed by atoms with Gasteiger partial charge in [0.15, 0.2) is 12.6 Å². The molecule has 2 saturated heterocycles. The third-order valence-electron chi connectivity index (χ3n) is 12.0. The Morgan fingerprint density at radius 1 is 0.738 bits per heavy atom. The third-order valence-corrected chi connectivity index (χ3v) is 12.0. The minimum atomic E-state index is -1.71. The Labute approximate surface area is 247 Å². The van der Waals surface area contributed by atoms with Crippen molar-refractivity contribution >= 4 is 0 Å². The maximum absolute atomic E-state index is 11.2. The zero-order chi connectivity index (χ0) is 30.0. The lowest BCUT2D eigenvalue weighted by Crippen LogP contribution is -2.65. The number of hydrogen-bond donors (Lipinski definition) is 7. The first-order chi connectivity index (χ1) is 20.0. The molecule has 240 valence electrons. The summed E-state index contributed by atoms with van der Waals surface area (Å²) in [5.74, 6) is 1.20. The van der Waals surface area contributed by atoms with Gasteiger partial charge in [-0.25, -0.2) is 0 Å². The lowest BCUT2D eigenvalue weighted by Gasteiger charge is -2.54. The van der Waals surface area contributed by atoms with Gasteiger partial charge in [-0.15, -0.1) is 0 Å². The highest BCUT2D eigenvalue weighted by atomic mass is 16.7. The Kier molecular flexibility index (Phi) is 8.87. The van der Waals surface area contributed by atoms with E-state index in [1.165, 1.54) is 32.1 Å². The van der Waals surface area contributed by atoms with E-state index in [0.717, 1.165) is 38.0 Å². The van der Waals surface area contributed by atoms with E-state index in [0.29, 0.717) is 11.3 Å². The van der Waals surface area contributed by atoms with Gasteiger partial charge in [-0.05, 0) is 80.5 Å². The van der Waals surface area contributed by atoms with Gasteiger partial charge in [0.2, 0.25) is 0 Å². The fourth-order valence-electron chi connectivity index (χ4n) is 9.38. The van der Waals surface area contributed by atoms with E-state index in [4.69, 9.17) is 18.9 Å². The van der Waals surface area contributed by atoms with Crippen molar-refractivity contribution in [2.24, 2.45) is 22.7 Å². The van der Waals surface area contributed by atoms with Crippen LogP contribution in [0.4, 0.5) is 0 Å². The second kappa shape index (κ2) is 11.9. The molecule has 15 atom stereocenters. The highest BCUT2D eigenvalue weighted by Crippen LogP contribution is 2.63. The van der Waals surface area contributed by atoms with E-state index in [-0.39, 0.29) is 11.5 Å². The minimum Gasteiger partial charge on any atom is -0.394 e. The number of rotatable bonds is 6. The summed E-state index contributed by atoms with van der Waals surface area (Å²) in [6.45, 7) is 3.72. The number of hydrogen-bond acceptors (Lipinski definition) is 11. The molecule has 0 aromatic heterocycles. The largest absolute Gasteiger partial charge is 0.394 e. The van der Waals surface area contributed by atoms with Crippen molar-refractivity contribution in [2.75, 3.05) is 13.2 Å². The first-order valence-corrected chi connectivity index (χ1v) is 16.0. The van der Waals surface area contributed by atoms with Crippen LogP contribution in [0.1, 0.15) is 78.1 Å². The van der Waals surface area contributed by atoms with Crippen LogP contribution in [-0.2, 0) is 18.9 Å². The van der Waals surface area contributed by atoms with Crippen LogP contribution < -0.4 is 0 Å². The van der Waals surface area contributed by atoms with Crippen molar-refractivity contribution in [1.82, 2.24) is 0 Å². The van der Waals surface area contributed by atoms with Gasteiger partial charge >= 0.3 is 0 Å². The van der Waals surface area contributed by atoms with Crippen LogP contribution in [0.5, 0.6) is 0 Å². The highest BCUT2D eigenvalue weighted by Gasteiger charge is 2.54. The molecule has 11 nitrogen and oxygen atoms in total. The molecule has 0 bridgehead atoms. The first kappa shape index (κ1) is 31.3. The Balaban J connectivity index is 1.13. The molecule has 4 fully saturated rings. The zero-order valence-corrected chi connectivity index (χ0v) is 24.8. The SMILES string of the molecule is C[C@@]12CCC[C@H]1C1=C(CC2)[C@@]2(C)CCC(O[C@@H]3O[C@H](CO)[C@@H](O)[C@H](O[C@@H]4O[C@H](CO)[C@@H](O)[C@H](O)[C@H]4O)[C@H]3O)CC2CC1. The Morgan fingerprint density at radius 3 is 2.14 bits per heavy atom. The number of aliphatic hydroxyl groups is 7. The van der Waals surface area contributed by atoms with Crippen molar-refractivity contribution in [1.29, 1.82) is 0 Å². The second-order valence-corrected chi connectivity index (χ2v) is 14.3. The van der Waals surface area contributed by atoms with E-state index in [9.17, 15) is 35.7 Å². The molecule has 0 spiro atoms. The summed E-state index contributed by atoms with van der Waals surface area (Å²) in [5, 5.41) is 72.1. The van der Waals surface area contributed by atoms with Crippen LogP contribution in [0.15, 0.2) is 11.1 Å². The lowest BCUT2D eigenvalue weighted by atomic mass is 9.51. The Hall–Kier alpha value is -0.700. The summed E-state index contributed by atoms with van der Waals surface area (Å²) in [5.41, 5.74) is 4.08. The van der Waals surface area contributed by atoms with E-state index >= 15 is 0 Å². The fraction of sp³-hybridized carbons (Fsp3) is 0.935. The average molecular weight is 599 g/mol. The highest BCUT2D eigenvalue weighted by molar-refractivity contribution is 5.33. The van der Waals surface area contributed by atoms with Crippen LogP contribution in [-0.4, -0.2) is 116 Å². The molecule has 7 N–H and O–H groups in total. The maximum atomic E-state index is 11.2. The Bertz CT molecular complexity index is 1010. The molecule has 0 amide bonds. The smallest absolute Gasteiger partial charge is 0.187 e. The molecule has 6 rings (SSSR count). The molecular formula is C31H50O11. The van der Waals surface area contributed by atoms with Crippen molar-refractivity contribution in [3.63, 3.8) is 0 Å².